The molecule has 41 heavy (non-hydrogen) atoms. The quantitative estimate of drug-likeness (QED) is 0.133. The number of benzene rings is 2. The van der Waals surface area contributed by atoms with Crippen LogP contribution >= 0.6 is 11.3 Å². The molecule has 4 aromatic rings. The van der Waals surface area contributed by atoms with E-state index in [2.05, 4.69) is 49.0 Å². The summed E-state index contributed by atoms with van der Waals surface area (Å²) in [6, 6.07) is 16.4. The summed E-state index contributed by atoms with van der Waals surface area (Å²) in [5, 5.41) is 19.8. The molecule has 1 saturated heterocycles. The lowest BCUT2D eigenvalue weighted by molar-refractivity contribution is 0.0384. The second-order valence-corrected chi connectivity index (χ2v) is 12.0. The Hall–Kier alpha value is -3.37. The number of aromatic nitrogens is 2. The number of aryl methyl sites for hydroxylation is 1. The van der Waals surface area contributed by atoms with Crippen molar-refractivity contribution in [3.8, 4) is 0 Å². The SMILES string of the molecule is N=Cc1cc(Nc2ncnc3sc4c(c23)CCC(CCNCCN2CCOCC2)C4)ccc1NCc1ccccc1. The van der Waals surface area contributed by atoms with Gasteiger partial charge in [-0.25, -0.2) is 9.97 Å². The first-order valence-electron chi connectivity index (χ1n) is 14.7. The van der Waals surface area contributed by atoms with E-state index < -0.39 is 0 Å². The average molecular weight is 570 g/mol. The van der Waals surface area contributed by atoms with Crippen molar-refractivity contribution in [3.63, 3.8) is 0 Å². The number of nitrogens with one attached hydrogen (secondary N) is 4. The molecule has 1 fully saturated rings. The Morgan fingerprint density at radius 3 is 2.80 bits per heavy atom. The lowest BCUT2D eigenvalue weighted by Gasteiger charge is -2.27. The van der Waals surface area contributed by atoms with E-state index in [1.807, 2.05) is 41.7 Å². The second kappa shape index (κ2) is 13.5. The fourth-order valence-corrected chi connectivity index (χ4v) is 7.17. The van der Waals surface area contributed by atoms with Gasteiger partial charge in [0.15, 0.2) is 0 Å². The third-order valence-corrected chi connectivity index (χ3v) is 9.34. The van der Waals surface area contributed by atoms with Crippen LogP contribution in [0.25, 0.3) is 10.2 Å². The molecular formula is C32H39N7OS. The van der Waals surface area contributed by atoms with Gasteiger partial charge in [-0.15, -0.1) is 11.3 Å². The number of hydrogen-bond acceptors (Lipinski definition) is 9. The average Bonchev–Trinajstić information content (AvgIpc) is 3.40. The molecule has 2 aromatic heterocycles. The van der Waals surface area contributed by atoms with Gasteiger partial charge in [0.2, 0.25) is 0 Å². The highest BCUT2D eigenvalue weighted by molar-refractivity contribution is 7.19. The van der Waals surface area contributed by atoms with Crippen LogP contribution in [0.4, 0.5) is 17.2 Å². The molecule has 0 bridgehead atoms. The van der Waals surface area contributed by atoms with E-state index in [1.54, 1.807) is 6.33 Å². The summed E-state index contributed by atoms with van der Waals surface area (Å²) in [5.74, 6) is 1.57. The Morgan fingerprint density at radius 1 is 1.07 bits per heavy atom. The van der Waals surface area contributed by atoms with Gasteiger partial charge in [0, 0.05) is 60.8 Å². The molecule has 8 nitrogen and oxygen atoms in total. The van der Waals surface area contributed by atoms with Crippen molar-refractivity contribution in [1.29, 1.82) is 5.41 Å². The van der Waals surface area contributed by atoms with Gasteiger partial charge in [-0.2, -0.15) is 0 Å². The number of thiophene rings is 1. The number of morpholine rings is 1. The van der Waals surface area contributed by atoms with Gasteiger partial charge in [-0.05, 0) is 67.5 Å². The Bertz CT molecular complexity index is 1450. The summed E-state index contributed by atoms with van der Waals surface area (Å²) in [6.45, 7) is 7.79. The summed E-state index contributed by atoms with van der Waals surface area (Å²) >= 11 is 1.83. The van der Waals surface area contributed by atoms with Gasteiger partial charge in [-0.1, -0.05) is 30.3 Å². The Morgan fingerprint density at radius 2 is 1.95 bits per heavy atom. The molecule has 9 heteroatoms. The third kappa shape index (κ3) is 6.93. The monoisotopic (exact) mass is 569 g/mol. The zero-order valence-corrected chi connectivity index (χ0v) is 24.3. The van der Waals surface area contributed by atoms with Crippen molar-refractivity contribution in [2.45, 2.75) is 32.2 Å². The molecule has 214 valence electrons. The topological polar surface area (TPSA) is 98.2 Å². The first-order valence-corrected chi connectivity index (χ1v) is 15.5. The zero-order valence-electron chi connectivity index (χ0n) is 23.5. The van der Waals surface area contributed by atoms with Crippen LogP contribution < -0.4 is 16.0 Å². The lowest BCUT2D eigenvalue weighted by Crippen LogP contribution is -2.40. The first kappa shape index (κ1) is 27.8. The maximum absolute atomic E-state index is 7.98. The molecule has 6 rings (SSSR count). The standard InChI is InChI=1S/C32H39N7OS/c33-20-25-19-26(7-9-28(25)35-21-24-4-2-1-3-5-24)38-31-30-27-8-6-23(18-29(27)41-32(30)37-22-36-31)10-11-34-12-13-39-14-16-40-17-15-39/h1-5,7,9,19-20,22-23,33-35H,6,8,10-18,21H2,(H,36,37,38). The molecule has 0 saturated carbocycles. The summed E-state index contributed by atoms with van der Waals surface area (Å²) < 4.78 is 5.44. The Kier molecular flexibility index (Phi) is 9.17. The fourth-order valence-electron chi connectivity index (χ4n) is 5.86. The molecule has 4 N–H and O–H groups in total. The summed E-state index contributed by atoms with van der Waals surface area (Å²) in [6.07, 6.45) is 7.68. The van der Waals surface area contributed by atoms with Gasteiger partial charge < -0.3 is 26.1 Å². The Labute approximate surface area is 246 Å². The number of fused-ring (bicyclic) bond motifs is 3. The van der Waals surface area contributed by atoms with E-state index in [4.69, 9.17) is 10.1 Å². The lowest BCUT2D eigenvalue weighted by atomic mass is 9.86. The van der Waals surface area contributed by atoms with E-state index in [0.717, 1.165) is 91.8 Å². The van der Waals surface area contributed by atoms with Crippen LogP contribution in [-0.4, -0.2) is 67.0 Å². The molecule has 2 aliphatic rings. The number of rotatable bonds is 12. The van der Waals surface area contributed by atoms with Crippen LogP contribution in [0.15, 0.2) is 54.9 Å². The van der Waals surface area contributed by atoms with E-state index in [1.165, 1.54) is 35.1 Å². The predicted molar refractivity (Wildman–Crippen MR) is 169 cm³/mol. The molecular weight excluding hydrogens is 530 g/mol. The highest BCUT2D eigenvalue weighted by atomic mass is 32.1. The largest absolute Gasteiger partial charge is 0.380 e. The first-order chi connectivity index (χ1) is 20.3. The van der Waals surface area contributed by atoms with Crippen molar-refractivity contribution in [1.82, 2.24) is 20.2 Å². The summed E-state index contributed by atoms with van der Waals surface area (Å²) in [5.41, 5.74) is 5.32. The number of hydrogen-bond donors (Lipinski definition) is 4. The molecule has 0 radical (unpaired) electrons. The maximum atomic E-state index is 7.98. The van der Waals surface area contributed by atoms with Crippen molar-refractivity contribution < 1.29 is 4.74 Å². The van der Waals surface area contributed by atoms with E-state index >= 15 is 0 Å². The number of ether oxygens (including phenoxy) is 1. The highest BCUT2D eigenvalue weighted by Gasteiger charge is 2.25. The minimum Gasteiger partial charge on any atom is -0.380 e. The molecule has 1 unspecified atom stereocenters. The molecule has 0 spiro atoms. The van der Waals surface area contributed by atoms with Crippen LogP contribution in [0.1, 0.15) is 34.4 Å². The normalized spacial score (nSPS) is 17.3. The van der Waals surface area contributed by atoms with Gasteiger partial charge in [0.1, 0.15) is 17.0 Å². The molecule has 1 atom stereocenters. The van der Waals surface area contributed by atoms with Gasteiger partial charge >= 0.3 is 0 Å². The van der Waals surface area contributed by atoms with Gasteiger partial charge in [0.25, 0.3) is 0 Å². The highest BCUT2D eigenvalue weighted by Crippen LogP contribution is 2.41. The molecule has 1 aliphatic carbocycles. The fraction of sp³-hybridized carbons (Fsp3) is 0.406. The molecule has 1 aliphatic heterocycles. The van der Waals surface area contributed by atoms with Crippen LogP contribution in [0.3, 0.4) is 0 Å². The Balaban J connectivity index is 1.08. The van der Waals surface area contributed by atoms with Crippen molar-refractivity contribution in [2.24, 2.45) is 5.92 Å². The third-order valence-electron chi connectivity index (χ3n) is 8.18. The predicted octanol–water partition coefficient (Wildman–Crippen LogP) is 5.46. The van der Waals surface area contributed by atoms with Crippen LogP contribution in [0.2, 0.25) is 0 Å². The van der Waals surface area contributed by atoms with E-state index in [9.17, 15) is 0 Å². The molecule has 3 heterocycles. The van der Waals surface area contributed by atoms with Crippen LogP contribution in [-0.2, 0) is 24.1 Å². The summed E-state index contributed by atoms with van der Waals surface area (Å²) in [7, 11) is 0. The van der Waals surface area contributed by atoms with Gasteiger partial charge in [-0.3, -0.25) is 4.90 Å². The minimum absolute atomic E-state index is 0.710. The molecule has 2 aromatic carbocycles. The molecule has 0 amide bonds. The van der Waals surface area contributed by atoms with Gasteiger partial charge in [0.05, 0.1) is 18.6 Å². The maximum Gasteiger partial charge on any atom is 0.142 e. The smallest absolute Gasteiger partial charge is 0.142 e. The number of anilines is 3. The van der Waals surface area contributed by atoms with Crippen LogP contribution in [0.5, 0.6) is 0 Å². The zero-order chi connectivity index (χ0) is 27.9. The number of nitrogens with zero attached hydrogens (tertiary/aromatic N) is 3. The van der Waals surface area contributed by atoms with Crippen molar-refractivity contribution in [2.75, 3.05) is 56.6 Å². The summed E-state index contributed by atoms with van der Waals surface area (Å²) in [4.78, 5) is 14.3. The minimum atomic E-state index is 0.710. The second-order valence-electron chi connectivity index (χ2n) is 10.9. The van der Waals surface area contributed by atoms with Crippen molar-refractivity contribution >= 4 is 45.0 Å². The van der Waals surface area contributed by atoms with Crippen molar-refractivity contribution in [3.05, 3.63) is 76.4 Å². The van der Waals surface area contributed by atoms with E-state index in [-0.39, 0.29) is 0 Å². The van der Waals surface area contributed by atoms with Crippen LogP contribution in [0, 0.1) is 11.3 Å². The van der Waals surface area contributed by atoms with E-state index in [0.29, 0.717) is 12.5 Å².